The molecule has 4 atom stereocenters. The Morgan fingerprint density at radius 3 is 1.65 bits per heavy atom. The van der Waals surface area contributed by atoms with Gasteiger partial charge in [0.25, 0.3) is 0 Å². The number of aliphatic hydroxyl groups excluding tert-OH is 2. The summed E-state index contributed by atoms with van der Waals surface area (Å²) in [7, 11) is 0. The van der Waals surface area contributed by atoms with Crippen molar-refractivity contribution in [2.24, 2.45) is 5.92 Å². The van der Waals surface area contributed by atoms with Crippen molar-refractivity contribution in [3.8, 4) is 0 Å². The van der Waals surface area contributed by atoms with Crippen LogP contribution >= 0.6 is 0 Å². The largest absolute Gasteiger partial charge is 0.478 e. The molecule has 0 radical (unpaired) electrons. The average Bonchev–Trinajstić information content (AvgIpc) is 3.56. The van der Waals surface area contributed by atoms with Gasteiger partial charge in [-0.15, -0.1) is 0 Å². The first-order valence-corrected chi connectivity index (χ1v) is 11.1. The smallest absolute Gasteiger partial charge is 0.335 e. The molecule has 8 heteroatoms. The SMILES string of the molecule is CC(CO)CO.O=C(O)c1cc(CC2CO2)c(CC2CO2)c(CC2CO2)c1CC1CO1. The number of aliphatic hydroxyl groups is 2. The van der Waals surface area contributed by atoms with Gasteiger partial charge in [0.15, 0.2) is 0 Å². The standard InChI is InChI=1S/C19H22O6.C4H10O2/c20-19(21)18-2-10(1-11-6-22-11)15(3-12-7-23-12)16(4-13-8-24-13)17(18)5-14-9-25-14;1-4(2-5)3-6/h2,11-14H,1,3-9H2,(H,20,21);4-6H,2-3H2,1H3. The van der Waals surface area contributed by atoms with E-state index in [1.54, 1.807) is 6.92 Å². The van der Waals surface area contributed by atoms with Crippen LogP contribution < -0.4 is 0 Å². The van der Waals surface area contributed by atoms with Crippen molar-refractivity contribution in [3.05, 3.63) is 33.9 Å². The molecule has 4 heterocycles. The van der Waals surface area contributed by atoms with E-state index >= 15 is 0 Å². The summed E-state index contributed by atoms with van der Waals surface area (Å²) in [5, 5.41) is 26.2. The van der Waals surface area contributed by atoms with E-state index in [2.05, 4.69) is 0 Å². The lowest BCUT2D eigenvalue weighted by Gasteiger charge is -2.20. The maximum absolute atomic E-state index is 11.9. The third kappa shape index (κ3) is 6.71. The monoisotopic (exact) mass is 436 g/mol. The fourth-order valence-electron chi connectivity index (χ4n) is 3.72. The van der Waals surface area contributed by atoms with E-state index in [0.29, 0.717) is 12.0 Å². The lowest BCUT2D eigenvalue weighted by molar-refractivity contribution is 0.0695. The summed E-state index contributed by atoms with van der Waals surface area (Å²) in [6.07, 6.45) is 3.93. The summed E-state index contributed by atoms with van der Waals surface area (Å²) in [4.78, 5) is 11.9. The third-order valence-electron chi connectivity index (χ3n) is 5.97. The summed E-state index contributed by atoms with van der Waals surface area (Å²) in [5.74, 6) is -0.814. The Kier molecular flexibility index (Phi) is 7.26. The molecular formula is C23H32O8. The molecule has 31 heavy (non-hydrogen) atoms. The quantitative estimate of drug-likeness (QED) is 0.434. The molecule has 4 saturated heterocycles. The molecule has 0 saturated carbocycles. The van der Waals surface area contributed by atoms with E-state index in [1.807, 2.05) is 6.07 Å². The van der Waals surface area contributed by atoms with Gasteiger partial charge in [0.05, 0.1) is 56.4 Å². The highest BCUT2D eigenvalue weighted by atomic mass is 16.6. The van der Waals surface area contributed by atoms with E-state index < -0.39 is 5.97 Å². The van der Waals surface area contributed by atoms with Crippen molar-refractivity contribution < 1.29 is 39.1 Å². The Morgan fingerprint density at radius 1 is 0.839 bits per heavy atom. The zero-order valence-corrected chi connectivity index (χ0v) is 17.9. The first-order valence-electron chi connectivity index (χ1n) is 11.1. The molecule has 0 amide bonds. The number of hydrogen-bond acceptors (Lipinski definition) is 7. The summed E-state index contributed by atoms with van der Waals surface area (Å²) < 4.78 is 21.7. The van der Waals surface area contributed by atoms with Crippen LogP contribution in [0.2, 0.25) is 0 Å². The maximum Gasteiger partial charge on any atom is 0.335 e. The minimum absolute atomic E-state index is 0.0463. The number of hydrogen-bond donors (Lipinski definition) is 3. The molecule has 4 fully saturated rings. The van der Waals surface area contributed by atoms with Gasteiger partial charge in [-0.3, -0.25) is 0 Å². The Labute approximate surface area is 182 Å². The Bertz CT molecular complexity index is 774. The van der Waals surface area contributed by atoms with Crippen molar-refractivity contribution in [1.82, 2.24) is 0 Å². The number of carbonyl (C=O) groups is 1. The van der Waals surface area contributed by atoms with Crippen molar-refractivity contribution in [1.29, 1.82) is 0 Å². The van der Waals surface area contributed by atoms with E-state index in [-0.39, 0.29) is 43.5 Å². The molecule has 0 bridgehead atoms. The first-order chi connectivity index (χ1) is 15.0. The Hall–Kier alpha value is -1.55. The fraction of sp³-hybridized carbons (Fsp3) is 0.696. The molecule has 0 spiro atoms. The van der Waals surface area contributed by atoms with Crippen molar-refractivity contribution in [2.75, 3.05) is 39.6 Å². The highest BCUT2D eigenvalue weighted by Gasteiger charge is 2.35. The molecule has 5 rings (SSSR count). The molecule has 0 aromatic heterocycles. The number of carboxylic acid groups (broad SMARTS) is 1. The van der Waals surface area contributed by atoms with Gasteiger partial charge in [0, 0.05) is 44.8 Å². The first kappa shape index (κ1) is 22.6. The predicted molar refractivity (Wildman–Crippen MR) is 111 cm³/mol. The van der Waals surface area contributed by atoms with Gasteiger partial charge in [-0.25, -0.2) is 4.79 Å². The number of rotatable bonds is 11. The van der Waals surface area contributed by atoms with Gasteiger partial charge in [-0.05, 0) is 28.3 Å². The van der Waals surface area contributed by atoms with Crippen LogP contribution in [-0.4, -0.2) is 85.3 Å². The molecule has 1 aromatic rings. The molecule has 4 aliphatic rings. The van der Waals surface area contributed by atoms with E-state index in [1.165, 1.54) is 5.56 Å². The van der Waals surface area contributed by atoms with Crippen molar-refractivity contribution in [3.63, 3.8) is 0 Å². The molecule has 8 nitrogen and oxygen atoms in total. The van der Waals surface area contributed by atoms with Gasteiger partial charge >= 0.3 is 5.97 Å². The number of epoxide rings is 4. The van der Waals surface area contributed by atoms with Gasteiger partial charge in [-0.2, -0.15) is 0 Å². The minimum atomic E-state index is -0.860. The van der Waals surface area contributed by atoms with Gasteiger partial charge in [0.1, 0.15) is 0 Å². The summed E-state index contributed by atoms with van der Waals surface area (Å²) in [5.41, 5.74) is 4.87. The second-order valence-electron chi connectivity index (χ2n) is 8.93. The van der Waals surface area contributed by atoms with E-state index in [0.717, 1.165) is 62.4 Å². The normalized spacial score (nSPS) is 27.5. The van der Waals surface area contributed by atoms with Crippen LogP contribution in [0.4, 0.5) is 0 Å². The number of benzene rings is 1. The van der Waals surface area contributed by atoms with E-state index in [9.17, 15) is 9.90 Å². The van der Waals surface area contributed by atoms with Crippen molar-refractivity contribution >= 4 is 5.97 Å². The number of aromatic carboxylic acids is 1. The topological polar surface area (TPSA) is 128 Å². The van der Waals surface area contributed by atoms with Gasteiger partial charge < -0.3 is 34.3 Å². The average molecular weight is 437 g/mol. The minimum Gasteiger partial charge on any atom is -0.478 e. The number of carboxylic acids is 1. The zero-order valence-electron chi connectivity index (χ0n) is 17.9. The molecule has 3 N–H and O–H groups in total. The molecule has 172 valence electrons. The predicted octanol–water partition coefficient (Wildman–Crippen LogP) is 0.757. The summed E-state index contributed by atoms with van der Waals surface area (Å²) in [6, 6.07) is 1.87. The lowest BCUT2D eigenvalue weighted by Crippen LogP contribution is -2.17. The molecule has 1 aromatic carbocycles. The summed E-state index contributed by atoms with van der Waals surface area (Å²) in [6.45, 7) is 4.97. The van der Waals surface area contributed by atoms with Crippen LogP contribution in [0.25, 0.3) is 0 Å². The molecule has 4 unspecified atom stereocenters. The van der Waals surface area contributed by atoms with Gasteiger partial charge in [-0.1, -0.05) is 6.92 Å². The third-order valence-corrected chi connectivity index (χ3v) is 5.97. The van der Waals surface area contributed by atoms with Crippen LogP contribution in [0.3, 0.4) is 0 Å². The Balaban J connectivity index is 0.000000342. The Morgan fingerprint density at radius 2 is 1.26 bits per heavy atom. The lowest BCUT2D eigenvalue weighted by atomic mass is 9.84. The highest BCUT2D eigenvalue weighted by molar-refractivity contribution is 5.90. The second kappa shape index (κ2) is 9.94. The van der Waals surface area contributed by atoms with E-state index in [4.69, 9.17) is 29.2 Å². The van der Waals surface area contributed by atoms with Crippen molar-refractivity contribution in [2.45, 2.75) is 57.0 Å². The van der Waals surface area contributed by atoms with Gasteiger partial charge in [0.2, 0.25) is 0 Å². The van der Waals surface area contributed by atoms with Crippen LogP contribution in [-0.2, 0) is 44.6 Å². The molecular weight excluding hydrogens is 404 g/mol. The maximum atomic E-state index is 11.9. The molecule has 0 aliphatic carbocycles. The summed E-state index contributed by atoms with van der Waals surface area (Å²) >= 11 is 0. The zero-order chi connectivity index (χ0) is 22.0. The fourth-order valence-corrected chi connectivity index (χ4v) is 3.72. The van der Waals surface area contributed by atoms with Crippen LogP contribution in [0.5, 0.6) is 0 Å². The van der Waals surface area contributed by atoms with Crippen LogP contribution in [0.15, 0.2) is 6.07 Å². The second-order valence-corrected chi connectivity index (χ2v) is 8.93. The van der Waals surface area contributed by atoms with Crippen LogP contribution in [0.1, 0.15) is 39.5 Å². The van der Waals surface area contributed by atoms with Crippen LogP contribution in [0, 0.1) is 5.92 Å². The highest BCUT2D eigenvalue weighted by Crippen LogP contribution is 2.35. The number of ether oxygens (including phenoxy) is 4. The molecule has 4 aliphatic heterocycles.